The number of amides is 2. The van der Waals surface area contributed by atoms with Gasteiger partial charge in [0.05, 0.1) is 37.6 Å². The second-order valence-corrected chi connectivity index (χ2v) is 10.3. The Balaban J connectivity index is 1.53. The van der Waals surface area contributed by atoms with Crippen LogP contribution in [0.15, 0.2) is 55.0 Å². The third-order valence-corrected chi connectivity index (χ3v) is 6.79. The van der Waals surface area contributed by atoms with Crippen LogP contribution in [0.2, 0.25) is 5.02 Å². The summed E-state index contributed by atoms with van der Waals surface area (Å²) in [6.45, 7) is 1.12. The van der Waals surface area contributed by atoms with Gasteiger partial charge in [-0.25, -0.2) is 13.2 Å². The second kappa shape index (κ2) is 9.90. The Morgan fingerprint density at radius 1 is 1.18 bits per heavy atom. The molecule has 2 amide bonds. The van der Waals surface area contributed by atoms with Gasteiger partial charge in [0.2, 0.25) is 0 Å². The number of carbonyl (C=O) groups is 1. The average molecular weight is 505 g/mol. The summed E-state index contributed by atoms with van der Waals surface area (Å²) in [7, 11) is -1.90. The predicted molar refractivity (Wildman–Crippen MR) is 130 cm³/mol. The van der Waals surface area contributed by atoms with E-state index in [1.165, 1.54) is 12.4 Å². The van der Waals surface area contributed by atoms with Gasteiger partial charge in [-0.3, -0.25) is 4.98 Å². The molecule has 0 radical (unpaired) electrons. The third-order valence-electron chi connectivity index (χ3n) is 5.66. The SMILES string of the molecule is COc1ccc([C@@H]2CN(c3cnn(S(C)(=O)=O)c3)CC[C@H]2NC(=O)Nc2ccc(Cl)cc2)nc1. The minimum absolute atomic E-state index is 0.155. The Hall–Kier alpha value is -3.31. The van der Waals surface area contributed by atoms with Crippen molar-refractivity contribution in [2.24, 2.45) is 0 Å². The molecule has 3 heterocycles. The van der Waals surface area contributed by atoms with Gasteiger partial charge < -0.3 is 20.3 Å². The summed E-state index contributed by atoms with van der Waals surface area (Å²) in [4.78, 5) is 19.3. The monoisotopic (exact) mass is 504 g/mol. The molecule has 2 atom stereocenters. The van der Waals surface area contributed by atoms with Crippen molar-refractivity contribution in [3.8, 4) is 5.75 Å². The number of ether oxygens (including phenoxy) is 1. The minimum Gasteiger partial charge on any atom is -0.495 e. The lowest BCUT2D eigenvalue weighted by molar-refractivity contribution is 0.243. The maximum atomic E-state index is 12.7. The molecule has 3 aromatic rings. The lowest BCUT2D eigenvalue weighted by Crippen LogP contribution is -2.51. The molecule has 0 bridgehead atoms. The number of carbonyl (C=O) groups excluding carboxylic acids is 1. The van der Waals surface area contributed by atoms with E-state index in [9.17, 15) is 13.2 Å². The van der Waals surface area contributed by atoms with E-state index in [2.05, 4.69) is 20.7 Å². The third kappa shape index (κ3) is 5.60. The molecule has 2 aromatic heterocycles. The largest absolute Gasteiger partial charge is 0.495 e. The Bertz CT molecular complexity index is 1250. The van der Waals surface area contributed by atoms with E-state index in [0.29, 0.717) is 41.7 Å². The number of nitrogens with zero attached hydrogens (tertiary/aromatic N) is 4. The molecule has 1 saturated heterocycles. The number of hydrogen-bond donors (Lipinski definition) is 2. The molecule has 12 heteroatoms. The number of halogens is 1. The quantitative estimate of drug-likeness (QED) is 0.529. The molecule has 0 saturated carbocycles. The van der Waals surface area contributed by atoms with Crippen molar-refractivity contribution in [1.82, 2.24) is 19.5 Å². The summed E-state index contributed by atoms with van der Waals surface area (Å²) in [5.74, 6) is 0.480. The van der Waals surface area contributed by atoms with Crippen LogP contribution < -0.4 is 20.3 Å². The maximum absolute atomic E-state index is 12.7. The van der Waals surface area contributed by atoms with Gasteiger partial charge in [-0.2, -0.15) is 9.19 Å². The average Bonchev–Trinajstić information content (AvgIpc) is 3.32. The summed E-state index contributed by atoms with van der Waals surface area (Å²) in [6.07, 6.45) is 6.38. The van der Waals surface area contributed by atoms with Crippen LogP contribution in [0.25, 0.3) is 0 Å². The number of pyridine rings is 1. The molecular weight excluding hydrogens is 480 g/mol. The van der Waals surface area contributed by atoms with Crippen LogP contribution in [0.3, 0.4) is 0 Å². The molecule has 1 fully saturated rings. The number of methoxy groups -OCH3 is 1. The van der Waals surface area contributed by atoms with Gasteiger partial charge in [0.15, 0.2) is 0 Å². The first-order chi connectivity index (χ1) is 16.2. The molecule has 4 rings (SSSR count). The van der Waals surface area contributed by atoms with Crippen molar-refractivity contribution >= 4 is 39.0 Å². The standard InChI is InChI=1S/C22H25ClN6O4S/c1-33-18-7-8-20(24-12-18)19-14-28(17-11-25-29(13-17)34(2,31)32)10-9-21(19)27-22(30)26-16-5-3-15(23)4-6-16/h3-8,11-13,19,21H,9-10,14H2,1-2H3,(H2,26,27,30)/t19-,21+/m0/s1. The second-order valence-electron chi connectivity index (χ2n) is 8.01. The zero-order valence-electron chi connectivity index (χ0n) is 18.7. The smallest absolute Gasteiger partial charge is 0.319 e. The molecule has 1 aromatic carbocycles. The van der Waals surface area contributed by atoms with Crippen LogP contribution in [0, 0.1) is 0 Å². The highest BCUT2D eigenvalue weighted by atomic mass is 35.5. The molecule has 0 unspecified atom stereocenters. The molecule has 180 valence electrons. The van der Waals surface area contributed by atoms with Gasteiger partial charge in [-0.15, -0.1) is 0 Å². The lowest BCUT2D eigenvalue weighted by Gasteiger charge is -2.39. The normalized spacial score (nSPS) is 18.4. The van der Waals surface area contributed by atoms with E-state index in [1.807, 2.05) is 17.0 Å². The zero-order valence-corrected chi connectivity index (χ0v) is 20.3. The Morgan fingerprint density at radius 2 is 1.94 bits per heavy atom. The van der Waals surface area contributed by atoms with Gasteiger partial charge in [0.25, 0.3) is 10.0 Å². The van der Waals surface area contributed by atoms with Crippen molar-refractivity contribution < 1.29 is 17.9 Å². The minimum atomic E-state index is -3.47. The van der Waals surface area contributed by atoms with Gasteiger partial charge in [-0.1, -0.05) is 11.6 Å². The Labute approximate surface area is 202 Å². The van der Waals surface area contributed by atoms with Crippen molar-refractivity contribution in [3.63, 3.8) is 0 Å². The van der Waals surface area contributed by atoms with E-state index in [1.54, 1.807) is 37.6 Å². The van der Waals surface area contributed by atoms with Gasteiger partial charge in [0.1, 0.15) is 5.75 Å². The van der Waals surface area contributed by atoms with E-state index < -0.39 is 10.0 Å². The maximum Gasteiger partial charge on any atom is 0.319 e. The number of hydrogen-bond acceptors (Lipinski definition) is 7. The first-order valence-electron chi connectivity index (χ1n) is 10.6. The Morgan fingerprint density at radius 3 is 2.56 bits per heavy atom. The molecule has 0 aliphatic carbocycles. The van der Waals surface area contributed by atoms with Crippen LogP contribution in [-0.4, -0.2) is 61.1 Å². The van der Waals surface area contributed by atoms with E-state index in [0.717, 1.165) is 16.0 Å². The van der Waals surface area contributed by atoms with Crippen LogP contribution >= 0.6 is 11.6 Å². The highest BCUT2D eigenvalue weighted by Crippen LogP contribution is 2.30. The summed E-state index contributed by atoms with van der Waals surface area (Å²) in [5.41, 5.74) is 2.11. The number of benzene rings is 1. The van der Waals surface area contributed by atoms with Gasteiger partial charge >= 0.3 is 6.03 Å². The number of anilines is 2. The van der Waals surface area contributed by atoms with Gasteiger partial charge in [-0.05, 0) is 42.8 Å². The van der Waals surface area contributed by atoms with E-state index >= 15 is 0 Å². The molecule has 1 aliphatic heterocycles. The topological polar surface area (TPSA) is 118 Å². The molecule has 34 heavy (non-hydrogen) atoms. The number of nitrogens with one attached hydrogen (secondary N) is 2. The molecular formula is C22H25ClN6O4S. The fraction of sp³-hybridized carbons (Fsp3) is 0.318. The number of rotatable bonds is 6. The summed E-state index contributed by atoms with van der Waals surface area (Å²) in [6, 6.07) is 10.0. The van der Waals surface area contributed by atoms with E-state index in [-0.39, 0.29) is 18.0 Å². The molecule has 0 spiro atoms. The predicted octanol–water partition coefficient (Wildman–Crippen LogP) is 2.93. The molecule has 2 N–H and O–H groups in total. The fourth-order valence-corrected chi connectivity index (χ4v) is 4.54. The van der Waals surface area contributed by atoms with Crippen LogP contribution in [0.1, 0.15) is 18.0 Å². The highest BCUT2D eigenvalue weighted by molar-refractivity contribution is 7.89. The van der Waals surface area contributed by atoms with Crippen LogP contribution in [-0.2, 0) is 10.0 Å². The summed E-state index contributed by atoms with van der Waals surface area (Å²) < 4.78 is 29.8. The van der Waals surface area contributed by atoms with E-state index in [4.69, 9.17) is 16.3 Å². The summed E-state index contributed by atoms with van der Waals surface area (Å²) >= 11 is 5.91. The first kappa shape index (κ1) is 23.8. The first-order valence-corrected chi connectivity index (χ1v) is 12.8. The van der Waals surface area contributed by atoms with Crippen LogP contribution in [0.4, 0.5) is 16.2 Å². The highest BCUT2D eigenvalue weighted by Gasteiger charge is 2.33. The number of piperidine rings is 1. The van der Waals surface area contributed by atoms with Crippen molar-refractivity contribution in [3.05, 3.63) is 65.7 Å². The van der Waals surface area contributed by atoms with Crippen molar-refractivity contribution in [2.45, 2.75) is 18.4 Å². The van der Waals surface area contributed by atoms with Crippen molar-refractivity contribution in [1.29, 1.82) is 0 Å². The van der Waals surface area contributed by atoms with Crippen molar-refractivity contribution in [2.75, 3.05) is 36.7 Å². The Kier molecular flexibility index (Phi) is 6.94. The zero-order chi connectivity index (χ0) is 24.3. The number of urea groups is 1. The molecule has 1 aliphatic rings. The number of aromatic nitrogens is 3. The summed E-state index contributed by atoms with van der Waals surface area (Å²) in [5, 5.41) is 10.4. The van der Waals surface area contributed by atoms with Gasteiger partial charge in [0, 0.05) is 41.5 Å². The molecule has 10 nitrogen and oxygen atoms in total. The lowest BCUT2D eigenvalue weighted by atomic mass is 9.88. The van der Waals surface area contributed by atoms with Crippen LogP contribution in [0.5, 0.6) is 5.75 Å². The fourth-order valence-electron chi connectivity index (χ4n) is 3.90.